The molecule has 0 bridgehead atoms. The third-order valence-corrected chi connectivity index (χ3v) is 5.30. The van der Waals surface area contributed by atoms with E-state index in [9.17, 15) is 5.11 Å². The van der Waals surface area contributed by atoms with Gasteiger partial charge in [0.1, 0.15) is 5.75 Å². The zero-order valence-corrected chi connectivity index (χ0v) is 19.4. The molecule has 0 saturated carbocycles. The first kappa shape index (κ1) is 22.4. The van der Waals surface area contributed by atoms with E-state index in [1.54, 1.807) is 6.07 Å². The summed E-state index contributed by atoms with van der Waals surface area (Å²) in [6.07, 6.45) is 0. The van der Waals surface area contributed by atoms with Gasteiger partial charge in [0, 0.05) is 11.8 Å². The normalized spacial score (nSPS) is 10.7. The molecule has 3 rings (SSSR count). The molecule has 1 N–H and O–H groups in total. The Hall–Kier alpha value is -0.856. The number of halogens is 2. The van der Waals surface area contributed by atoms with Crippen LogP contribution >= 0.6 is 27.2 Å². The predicted molar refractivity (Wildman–Crippen MR) is 117 cm³/mol. The van der Waals surface area contributed by atoms with Crippen LogP contribution in [0.4, 0.5) is 0 Å². The van der Waals surface area contributed by atoms with Crippen LogP contribution in [0.3, 0.4) is 0 Å². The van der Waals surface area contributed by atoms with E-state index in [2.05, 4.69) is 61.5 Å². The van der Waals surface area contributed by atoms with Crippen molar-refractivity contribution in [2.75, 3.05) is 14.1 Å². The van der Waals surface area contributed by atoms with Crippen molar-refractivity contribution in [3.63, 3.8) is 0 Å². The fourth-order valence-corrected chi connectivity index (χ4v) is 3.94. The average molecular weight is 454 g/mol. The maximum absolute atomic E-state index is 10.3. The monoisotopic (exact) mass is 453 g/mol. The van der Waals surface area contributed by atoms with Gasteiger partial charge in [-0.3, -0.25) is 0 Å². The van der Waals surface area contributed by atoms with Crippen LogP contribution in [0, 0.1) is 0 Å². The summed E-state index contributed by atoms with van der Waals surface area (Å²) >= 11 is -0.556. The van der Waals surface area contributed by atoms with E-state index < -0.39 is 17.0 Å². The van der Waals surface area contributed by atoms with Crippen LogP contribution in [0.2, 0.25) is 0 Å². The van der Waals surface area contributed by atoms with Crippen LogP contribution < -0.4 is 10.6 Å². The molecule has 1 atom stereocenters. The fraction of sp³-hybridized carbons (Fsp3) is 0.143. The molecule has 0 heterocycles. The summed E-state index contributed by atoms with van der Waals surface area (Å²) in [6.45, 7) is 0.905. The van der Waals surface area contributed by atoms with Crippen molar-refractivity contribution in [1.82, 2.24) is 4.90 Å². The minimum atomic E-state index is -0.556. The first-order chi connectivity index (χ1) is 13.0. The second kappa shape index (κ2) is 11.9. The Bertz CT molecular complexity index is 847. The summed E-state index contributed by atoms with van der Waals surface area (Å²) in [5.74, 6) is 0.368. The van der Waals surface area contributed by atoms with Crippen LogP contribution in [-0.2, 0) is 23.6 Å². The SMILES string of the molecule is CN(C)Cc1ccccc1Pc1cc(-c2ccccc2)ccc1O.[Cl][Ti][Cl]. The van der Waals surface area contributed by atoms with Crippen molar-refractivity contribution in [1.29, 1.82) is 0 Å². The molecule has 0 fully saturated rings. The number of rotatable bonds is 5. The van der Waals surface area contributed by atoms with Crippen molar-refractivity contribution in [3.8, 4) is 16.9 Å². The Labute approximate surface area is 180 Å². The summed E-state index contributed by atoms with van der Waals surface area (Å²) in [6, 6.07) is 24.6. The summed E-state index contributed by atoms with van der Waals surface area (Å²) in [4.78, 5) is 2.17. The summed E-state index contributed by atoms with van der Waals surface area (Å²) in [5.41, 5.74) is 3.62. The van der Waals surface area contributed by atoms with Crippen LogP contribution in [-0.4, -0.2) is 24.1 Å². The van der Waals surface area contributed by atoms with E-state index in [4.69, 9.17) is 18.6 Å². The number of aromatic hydroxyl groups is 1. The number of nitrogens with zero attached hydrogens (tertiary/aromatic N) is 1. The quantitative estimate of drug-likeness (QED) is 0.427. The minimum absolute atomic E-state index is 0.368. The second-order valence-corrected chi connectivity index (χ2v) is 10.1. The van der Waals surface area contributed by atoms with Gasteiger partial charge in [0.15, 0.2) is 0 Å². The zero-order chi connectivity index (χ0) is 19.6. The van der Waals surface area contributed by atoms with Crippen LogP contribution in [0.1, 0.15) is 5.56 Å². The molecule has 0 aliphatic carbocycles. The van der Waals surface area contributed by atoms with Gasteiger partial charge >= 0.3 is 35.6 Å². The third kappa shape index (κ3) is 7.24. The van der Waals surface area contributed by atoms with E-state index in [1.807, 2.05) is 24.3 Å². The summed E-state index contributed by atoms with van der Waals surface area (Å²) in [7, 11) is 14.4. The number of phenolic OH excluding ortho intramolecular Hbond substituents is 1. The van der Waals surface area contributed by atoms with E-state index in [-0.39, 0.29) is 0 Å². The topological polar surface area (TPSA) is 23.5 Å². The molecule has 0 aliphatic heterocycles. The molecular weight excluding hydrogens is 432 g/mol. The molecule has 1 unspecified atom stereocenters. The standard InChI is InChI=1S/C21H22NOP.2ClH.Ti/c1-22(2)15-18-10-6-7-11-20(18)24-21-14-17(12-13-19(21)23)16-8-4-3-5-9-16;;;/h3-14,23-24H,15H2,1-2H3;2*1H;/q;;;+2/p-2. The Morgan fingerprint density at radius 2 is 1.48 bits per heavy atom. The zero-order valence-electron chi connectivity index (χ0n) is 15.3. The molecule has 3 aromatic carbocycles. The van der Waals surface area contributed by atoms with Gasteiger partial charge in [-0.05, 0) is 48.2 Å². The predicted octanol–water partition coefficient (Wildman–Crippen LogP) is 5.13. The molecule has 0 radical (unpaired) electrons. The molecule has 27 heavy (non-hydrogen) atoms. The van der Waals surface area contributed by atoms with E-state index in [0.29, 0.717) is 14.3 Å². The number of phenols is 1. The van der Waals surface area contributed by atoms with E-state index >= 15 is 0 Å². The first-order valence-electron chi connectivity index (χ1n) is 8.39. The summed E-state index contributed by atoms with van der Waals surface area (Å²) in [5, 5.41) is 12.6. The molecule has 140 valence electrons. The van der Waals surface area contributed by atoms with Crippen molar-refractivity contribution in [3.05, 3.63) is 78.4 Å². The number of hydrogen-bond acceptors (Lipinski definition) is 2. The Morgan fingerprint density at radius 3 is 2.15 bits per heavy atom. The van der Waals surface area contributed by atoms with Crippen LogP contribution in [0.5, 0.6) is 5.75 Å². The number of benzene rings is 3. The maximum atomic E-state index is 10.3. The van der Waals surface area contributed by atoms with Crippen LogP contribution in [0.15, 0.2) is 72.8 Å². The van der Waals surface area contributed by atoms with Gasteiger partial charge in [-0.1, -0.05) is 69.2 Å². The van der Waals surface area contributed by atoms with Crippen molar-refractivity contribution in [2.45, 2.75) is 6.54 Å². The summed E-state index contributed by atoms with van der Waals surface area (Å²) < 4.78 is 0. The van der Waals surface area contributed by atoms with Crippen molar-refractivity contribution >= 4 is 37.8 Å². The van der Waals surface area contributed by atoms with Crippen molar-refractivity contribution in [2.24, 2.45) is 0 Å². The van der Waals surface area contributed by atoms with E-state index in [0.717, 1.165) is 17.4 Å². The van der Waals surface area contributed by atoms with Gasteiger partial charge < -0.3 is 10.0 Å². The van der Waals surface area contributed by atoms with E-state index in [1.165, 1.54) is 16.4 Å². The van der Waals surface area contributed by atoms with Gasteiger partial charge in [-0.2, -0.15) is 0 Å². The fourth-order valence-electron chi connectivity index (χ4n) is 2.71. The molecule has 0 spiro atoms. The molecule has 6 heteroatoms. The molecule has 2 nitrogen and oxygen atoms in total. The average Bonchev–Trinajstić information content (AvgIpc) is 2.66. The Balaban J connectivity index is 0.000000817. The molecule has 0 saturated heterocycles. The van der Waals surface area contributed by atoms with Gasteiger partial charge in [0.05, 0.1) is 0 Å². The van der Waals surface area contributed by atoms with Gasteiger partial charge in [-0.25, -0.2) is 0 Å². The van der Waals surface area contributed by atoms with Gasteiger partial charge in [0.2, 0.25) is 0 Å². The molecule has 3 aromatic rings. The molecule has 0 amide bonds. The third-order valence-electron chi connectivity index (χ3n) is 3.88. The number of hydrogen-bond donors (Lipinski definition) is 1. The second-order valence-electron chi connectivity index (χ2n) is 6.19. The molecule has 0 aliphatic rings. The van der Waals surface area contributed by atoms with Gasteiger partial charge in [-0.15, -0.1) is 0 Å². The molecular formula is C21H22Cl2NOPTi. The van der Waals surface area contributed by atoms with Crippen molar-refractivity contribution < 1.29 is 22.1 Å². The van der Waals surface area contributed by atoms with Crippen LogP contribution in [0.25, 0.3) is 11.1 Å². The Kier molecular flexibility index (Phi) is 9.86. The Morgan fingerprint density at radius 1 is 0.852 bits per heavy atom. The first-order valence-corrected chi connectivity index (χ1v) is 13.7. The van der Waals surface area contributed by atoms with Gasteiger partial charge in [0.25, 0.3) is 0 Å². The molecule has 0 aromatic heterocycles.